The molecule has 7 heteroatoms. The first kappa shape index (κ1) is 21.3. The van der Waals surface area contributed by atoms with Gasteiger partial charge in [-0.1, -0.05) is 30.3 Å². The van der Waals surface area contributed by atoms with Crippen molar-refractivity contribution in [1.29, 1.82) is 0 Å². The van der Waals surface area contributed by atoms with E-state index in [4.69, 9.17) is 4.74 Å². The molecule has 2 aromatic carbocycles. The number of piperidine rings is 1. The van der Waals surface area contributed by atoms with Crippen molar-refractivity contribution in [2.24, 2.45) is 5.92 Å². The summed E-state index contributed by atoms with van der Waals surface area (Å²) in [6, 6.07) is 16.0. The Morgan fingerprint density at radius 1 is 1.07 bits per heavy atom. The maximum Gasteiger partial charge on any atom is 0.227 e. The highest BCUT2D eigenvalue weighted by atomic mass is 32.2. The van der Waals surface area contributed by atoms with Gasteiger partial charge < -0.3 is 15.0 Å². The van der Waals surface area contributed by atoms with Crippen molar-refractivity contribution in [2.75, 3.05) is 37.8 Å². The molecular formula is C22H28N2O4S. The zero-order valence-electron chi connectivity index (χ0n) is 16.7. The number of methoxy groups -OCH3 is 1. The SMILES string of the molecule is COc1ccccc1NC(=O)C1CCN(CCCS(=O)(=O)c2ccccc2)CC1. The molecule has 1 saturated heterocycles. The van der Waals surface area contributed by atoms with Crippen molar-refractivity contribution in [1.82, 2.24) is 4.90 Å². The fourth-order valence-electron chi connectivity index (χ4n) is 3.63. The number of likely N-dealkylation sites (tertiary alicyclic amines) is 1. The summed E-state index contributed by atoms with van der Waals surface area (Å²) < 4.78 is 30.0. The number of benzene rings is 2. The highest BCUT2D eigenvalue weighted by molar-refractivity contribution is 7.91. The fourth-order valence-corrected chi connectivity index (χ4v) is 4.94. The van der Waals surface area contributed by atoms with Gasteiger partial charge in [-0.2, -0.15) is 0 Å². The van der Waals surface area contributed by atoms with Crippen LogP contribution in [0.25, 0.3) is 0 Å². The number of anilines is 1. The summed E-state index contributed by atoms with van der Waals surface area (Å²) in [4.78, 5) is 15.2. The topological polar surface area (TPSA) is 75.7 Å². The number of nitrogens with zero attached hydrogens (tertiary/aromatic N) is 1. The van der Waals surface area contributed by atoms with Crippen LogP contribution in [0.1, 0.15) is 19.3 Å². The Morgan fingerprint density at radius 2 is 1.72 bits per heavy atom. The van der Waals surface area contributed by atoms with E-state index in [0.29, 0.717) is 22.8 Å². The summed E-state index contributed by atoms with van der Waals surface area (Å²) in [5.41, 5.74) is 0.688. The molecule has 0 aromatic heterocycles. The van der Waals surface area contributed by atoms with E-state index in [-0.39, 0.29) is 17.6 Å². The van der Waals surface area contributed by atoms with Crippen molar-refractivity contribution >= 4 is 21.4 Å². The molecule has 6 nitrogen and oxygen atoms in total. The maximum atomic E-state index is 12.6. The van der Waals surface area contributed by atoms with Gasteiger partial charge in [-0.05, 0) is 63.2 Å². The molecule has 29 heavy (non-hydrogen) atoms. The second kappa shape index (κ2) is 9.89. The number of rotatable bonds is 8. The Morgan fingerprint density at radius 3 is 2.41 bits per heavy atom. The Balaban J connectivity index is 1.43. The summed E-state index contributed by atoms with van der Waals surface area (Å²) in [5, 5.41) is 2.97. The van der Waals surface area contributed by atoms with Crippen molar-refractivity contribution in [3.8, 4) is 5.75 Å². The molecule has 156 valence electrons. The number of sulfone groups is 1. The molecule has 0 atom stereocenters. The number of carbonyl (C=O) groups excluding carboxylic acids is 1. The van der Waals surface area contributed by atoms with E-state index >= 15 is 0 Å². The Kier molecular flexibility index (Phi) is 7.28. The average Bonchev–Trinajstić information content (AvgIpc) is 2.75. The molecule has 1 aliphatic heterocycles. The van der Waals surface area contributed by atoms with Crippen molar-refractivity contribution in [3.63, 3.8) is 0 Å². The third-order valence-corrected chi connectivity index (χ3v) is 7.13. The van der Waals surface area contributed by atoms with E-state index in [1.165, 1.54) is 0 Å². The van der Waals surface area contributed by atoms with Gasteiger partial charge >= 0.3 is 0 Å². The van der Waals surface area contributed by atoms with Crippen LogP contribution in [0.2, 0.25) is 0 Å². The molecule has 2 aromatic rings. The van der Waals surface area contributed by atoms with E-state index in [2.05, 4.69) is 10.2 Å². The summed E-state index contributed by atoms with van der Waals surface area (Å²) >= 11 is 0. The molecule has 1 N–H and O–H groups in total. The maximum absolute atomic E-state index is 12.6. The van der Waals surface area contributed by atoms with Crippen LogP contribution in [0.4, 0.5) is 5.69 Å². The largest absolute Gasteiger partial charge is 0.495 e. The average molecular weight is 417 g/mol. The monoisotopic (exact) mass is 416 g/mol. The summed E-state index contributed by atoms with van der Waals surface area (Å²) in [6.45, 7) is 2.33. The quantitative estimate of drug-likeness (QED) is 0.715. The van der Waals surface area contributed by atoms with Crippen LogP contribution in [0.3, 0.4) is 0 Å². The molecule has 0 saturated carbocycles. The molecule has 0 radical (unpaired) electrons. The van der Waals surface area contributed by atoms with Gasteiger partial charge in [-0.25, -0.2) is 8.42 Å². The van der Waals surface area contributed by atoms with Gasteiger partial charge in [-0.3, -0.25) is 4.79 Å². The van der Waals surface area contributed by atoms with Gasteiger partial charge in [0.15, 0.2) is 9.84 Å². The predicted molar refractivity (Wildman–Crippen MR) is 114 cm³/mol. The van der Waals surface area contributed by atoms with Crippen molar-refractivity contribution < 1.29 is 17.9 Å². The molecule has 0 aliphatic carbocycles. The number of carbonyl (C=O) groups is 1. The molecular weight excluding hydrogens is 388 g/mol. The molecule has 1 amide bonds. The van der Waals surface area contributed by atoms with E-state index < -0.39 is 9.84 Å². The van der Waals surface area contributed by atoms with Crippen LogP contribution in [-0.4, -0.2) is 51.7 Å². The molecule has 1 aliphatic rings. The highest BCUT2D eigenvalue weighted by Gasteiger charge is 2.25. The lowest BCUT2D eigenvalue weighted by Crippen LogP contribution is -2.39. The van der Waals surface area contributed by atoms with Crippen LogP contribution < -0.4 is 10.1 Å². The number of amides is 1. The standard InChI is InChI=1S/C22H28N2O4S/c1-28-21-11-6-5-10-20(21)23-22(25)18-12-15-24(16-13-18)14-7-17-29(26,27)19-8-3-2-4-9-19/h2-6,8-11,18H,7,12-17H2,1H3,(H,23,25). The van der Waals surface area contributed by atoms with Gasteiger partial charge in [0.1, 0.15) is 5.75 Å². The van der Waals surface area contributed by atoms with E-state index in [9.17, 15) is 13.2 Å². The molecule has 3 rings (SSSR count). The first-order valence-corrected chi connectivity index (χ1v) is 11.6. The minimum Gasteiger partial charge on any atom is -0.495 e. The lowest BCUT2D eigenvalue weighted by molar-refractivity contribution is -0.121. The molecule has 1 heterocycles. The number of para-hydroxylation sites is 2. The second-order valence-corrected chi connectivity index (χ2v) is 9.40. The number of hydrogen-bond acceptors (Lipinski definition) is 5. The highest BCUT2D eigenvalue weighted by Crippen LogP contribution is 2.26. The third kappa shape index (κ3) is 5.81. The zero-order valence-corrected chi connectivity index (χ0v) is 17.5. The lowest BCUT2D eigenvalue weighted by Gasteiger charge is -2.31. The van der Waals surface area contributed by atoms with Crippen molar-refractivity contribution in [2.45, 2.75) is 24.2 Å². The van der Waals surface area contributed by atoms with Crippen LogP contribution in [0.5, 0.6) is 5.75 Å². The fraction of sp³-hybridized carbons (Fsp3) is 0.409. The lowest BCUT2D eigenvalue weighted by atomic mass is 9.95. The Labute approximate surface area is 172 Å². The van der Waals surface area contributed by atoms with Crippen LogP contribution in [0, 0.1) is 5.92 Å². The van der Waals surface area contributed by atoms with E-state index in [1.54, 1.807) is 31.4 Å². The minimum absolute atomic E-state index is 0.0146. The minimum atomic E-state index is -3.23. The predicted octanol–water partition coefficient (Wildman–Crippen LogP) is 3.21. The summed E-state index contributed by atoms with van der Waals surface area (Å²) in [5.74, 6) is 0.772. The van der Waals surface area contributed by atoms with Gasteiger partial charge in [0.25, 0.3) is 0 Å². The molecule has 0 unspecified atom stereocenters. The van der Waals surface area contributed by atoms with Gasteiger partial charge in [0.05, 0.1) is 23.4 Å². The normalized spacial score (nSPS) is 15.8. The van der Waals surface area contributed by atoms with Crippen LogP contribution >= 0.6 is 0 Å². The summed E-state index contributed by atoms with van der Waals surface area (Å²) in [6.07, 6.45) is 2.13. The summed E-state index contributed by atoms with van der Waals surface area (Å²) in [7, 11) is -1.64. The number of ether oxygens (including phenoxy) is 1. The Bertz CT molecular complexity index is 907. The zero-order chi connectivity index (χ0) is 20.7. The van der Waals surface area contributed by atoms with Gasteiger partial charge in [-0.15, -0.1) is 0 Å². The Hall–Kier alpha value is -2.38. The molecule has 1 fully saturated rings. The smallest absolute Gasteiger partial charge is 0.227 e. The van der Waals surface area contributed by atoms with Crippen LogP contribution in [-0.2, 0) is 14.6 Å². The second-order valence-electron chi connectivity index (χ2n) is 7.29. The van der Waals surface area contributed by atoms with Crippen LogP contribution in [0.15, 0.2) is 59.5 Å². The van der Waals surface area contributed by atoms with E-state index in [0.717, 1.165) is 32.5 Å². The van der Waals surface area contributed by atoms with Crippen molar-refractivity contribution in [3.05, 3.63) is 54.6 Å². The molecule has 0 bridgehead atoms. The first-order valence-electron chi connectivity index (χ1n) is 9.93. The third-order valence-electron chi connectivity index (χ3n) is 5.31. The number of hydrogen-bond donors (Lipinski definition) is 1. The molecule has 0 spiro atoms. The van der Waals surface area contributed by atoms with E-state index in [1.807, 2.05) is 30.3 Å². The first-order chi connectivity index (χ1) is 14.0. The number of nitrogens with one attached hydrogen (secondary N) is 1. The van der Waals surface area contributed by atoms with Gasteiger partial charge in [0, 0.05) is 5.92 Å². The van der Waals surface area contributed by atoms with Gasteiger partial charge in [0.2, 0.25) is 5.91 Å².